The number of furan rings is 1. The van der Waals surface area contributed by atoms with Gasteiger partial charge in [0, 0.05) is 13.6 Å². The first-order valence-electron chi connectivity index (χ1n) is 7.35. The van der Waals surface area contributed by atoms with Gasteiger partial charge in [-0.25, -0.2) is 8.42 Å². The van der Waals surface area contributed by atoms with E-state index in [0.717, 1.165) is 5.56 Å². The van der Waals surface area contributed by atoms with Crippen molar-refractivity contribution in [3.8, 4) is 0 Å². The zero-order valence-corrected chi connectivity index (χ0v) is 14.5. The second-order valence-electron chi connectivity index (χ2n) is 5.34. The zero-order chi connectivity index (χ0) is 17.7. The molecule has 0 aliphatic heterocycles. The Morgan fingerprint density at radius 2 is 1.92 bits per heavy atom. The molecule has 0 aliphatic rings. The Morgan fingerprint density at radius 1 is 1.25 bits per heavy atom. The normalized spacial score (nSPS) is 11.5. The predicted octanol–water partition coefficient (Wildman–Crippen LogP) is 2.32. The van der Waals surface area contributed by atoms with Gasteiger partial charge in [-0.3, -0.25) is 4.79 Å². The van der Waals surface area contributed by atoms with Crippen molar-refractivity contribution in [2.24, 2.45) is 0 Å². The van der Waals surface area contributed by atoms with Crippen molar-refractivity contribution < 1.29 is 17.6 Å². The molecule has 24 heavy (non-hydrogen) atoms. The van der Waals surface area contributed by atoms with E-state index in [4.69, 9.17) is 4.42 Å². The smallest absolute Gasteiger partial charge is 0.287 e. The number of sulfonamides is 1. The molecule has 7 heteroatoms. The quantitative estimate of drug-likeness (QED) is 0.779. The molecule has 0 bridgehead atoms. The number of hydrogen-bond donors (Lipinski definition) is 1. The van der Waals surface area contributed by atoms with Crippen LogP contribution < -0.4 is 5.32 Å². The molecule has 1 aromatic heterocycles. The minimum atomic E-state index is -3.62. The molecule has 0 radical (unpaired) electrons. The Kier molecular flexibility index (Phi) is 5.58. The molecule has 0 aliphatic carbocycles. The van der Waals surface area contributed by atoms with Gasteiger partial charge in [-0.1, -0.05) is 23.8 Å². The Hall–Kier alpha value is -2.38. The number of nitrogens with zero attached hydrogens (tertiary/aromatic N) is 1. The third-order valence-electron chi connectivity index (χ3n) is 3.40. The summed E-state index contributed by atoms with van der Waals surface area (Å²) in [4.78, 5) is 12.0. The molecule has 2 aromatic rings. The lowest BCUT2D eigenvalue weighted by Crippen LogP contribution is -2.26. The first-order valence-corrected chi connectivity index (χ1v) is 8.79. The van der Waals surface area contributed by atoms with Gasteiger partial charge in [-0.05, 0) is 31.2 Å². The number of benzene rings is 1. The summed E-state index contributed by atoms with van der Waals surface area (Å²) in [5.41, 5.74) is 0.984. The average molecular weight is 348 g/mol. The van der Waals surface area contributed by atoms with Crippen LogP contribution in [0.2, 0.25) is 0 Å². The number of carbonyl (C=O) groups excluding carboxylic acids is 1. The van der Waals surface area contributed by atoms with Crippen LogP contribution >= 0.6 is 0 Å². The monoisotopic (exact) mass is 348 g/mol. The van der Waals surface area contributed by atoms with Gasteiger partial charge in [0.2, 0.25) is 10.0 Å². The van der Waals surface area contributed by atoms with Crippen LogP contribution in [0.4, 0.5) is 0 Å². The summed E-state index contributed by atoms with van der Waals surface area (Å²) in [7, 11) is -2.15. The number of hydrogen-bond acceptors (Lipinski definition) is 4. The minimum Gasteiger partial charge on any atom is -0.455 e. The third-order valence-corrected chi connectivity index (χ3v) is 5.22. The zero-order valence-electron chi connectivity index (χ0n) is 13.7. The van der Waals surface area contributed by atoms with Crippen molar-refractivity contribution in [3.05, 3.63) is 66.1 Å². The van der Waals surface area contributed by atoms with Crippen molar-refractivity contribution in [1.82, 2.24) is 9.62 Å². The molecule has 6 nitrogen and oxygen atoms in total. The van der Waals surface area contributed by atoms with E-state index in [-0.39, 0.29) is 23.1 Å². The van der Waals surface area contributed by atoms with E-state index >= 15 is 0 Å². The fourth-order valence-corrected chi connectivity index (χ4v) is 3.17. The van der Waals surface area contributed by atoms with Gasteiger partial charge in [0.25, 0.3) is 5.91 Å². The van der Waals surface area contributed by atoms with Crippen molar-refractivity contribution >= 4 is 15.9 Å². The van der Waals surface area contributed by atoms with Crippen molar-refractivity contribution in [3.63, 3.8) is 0 Å². The minimum absolute atomic E-state index is 0.0327. The van der Waals surface area contributed by atoms with Gasteiger partial charge in [0.15, 0.2) is 5.76 Å². The molecule has 0 fully saturated rings. The number of carbonyl (C=O) groups is 1. The van der Waals surface area contributed by atoms with Crippen LogP contribution in [0.5, 0.6) is 0 Å². The lowest BCUT2D eigenvalue weighted by atomic mass is 10.2. The van der Waals surface area contributed by atoms with Gasteiger partial charge in [-0.2, -0.15) is 4.31 Å². The van der Waals surface area contributed by atoms with E-state index in [1.54, 1.807) is 36.4 Å². The fraction of sp³-hybridized carbons (Fsp3) is 0.235. The molecule has 0 saturated carbocycles. The first kappa shape index (κ1) is 18.0. The van der Waals surface area contributed by atoms with Gasteiger partial charge in [0.1, 0.15) is 5.76 Å². The van der Waals surface area contributed by atoms with Gasteiger partial charge >= 0.3 is 0 Å². The van der Waals surface area contributed by atoms with E-state index in [0.29, 0.717) is 12.3 Å². The highest BCUT2D eigenvalue weighted by atomic mass is 32.2. The first-order chi connectivity index (χ1) is 11.3. The van der Waals surface area contributed by atoms with Gasteiger partial charge in [0.05, 0.1) is 11.4 Å². The fourth-order valence-electron chi connectivity index (χ4n) is 2.03. The SMILES string of the molecule is C=CCNC(=O)c1ccc(CN(C)S(=O)(=O)c2ccc(C)cc2)o1. The summed E-state index contributed by atoms with van der Waals surface area (Å²) in [6.45, 7) is 5.77. The summed E-state index contributed by atoms with van der Waals surface area (Å²) in [5, 5.41) is 2.59. The molecule has 0 saturated heterocycles. The maximum Gasteiger partial charge on any atom is 0.287 e. The second-order valence-corrected chi connectivity index (χ2v) is 7.38. The Bertz CT molecular complexity index is 823. The molecule has 1 aromatic carbocycles. The number of nitrogens with one attached hydrogen (secondary N) is 1. The number of amides is 1. The molecule has 128 valence electrons. The highest BCUT2D eigenvalue weighted by Gasteiger charge is 2.22. The second kappa shape index (κ2) is 7.46. The largest absolute Gasteiger partial charge is 0.455 e. The molecule has 0 spiro atoms. The van der Waals surface area contributed by atoms with Gasteiger partial charge < -0.3 is 9.73 Å². The number of aryl methyl sites for hydroxylation is 1. The molecule has 0 unspecified atom stereocenters. The maximum atomic E-state index is 12.5. The van der Waals surface area contributed by atoms with Crippen LogP contribution in [-0.2, 0) is 16.6 Å². The van der Waals surface area contributed by atoms with Crippen molar-refractivity contribution in [2.75, 3.05) is 13.6 Å². The average Bonchev–Trinajstić information content (AvgIpc) is 3.01. The molecule has 0 atom stereocenters. The Labute approximate surface area is 141 Å². The Morgan fingerprint density at radius 3 is 2.54 bits per heavy atom. The summed E-state index contributed by atoms with van der Waals surface area (Å²) in [6.07, 6.45) is 1.56. The summed E-state index contributed by atoms with van der Waals surface area (Å²) in [6, 6.07) is 9.73. The van der Waals surface area contributed by atoms with Crippen LogP contribution in [0.25, 0.3) is 0 Å². The molecular weight excluding hydrogens is 328 g/mol. The predicted molar refractivity (Wildman–Crippen MR) is 91.1 cm³/mol. The lowest BCUT2D eigenvalue weighted by Gasteiger charge is -2.16. The van der Waals surface area contributed by atoms with Crippen LogP contribution in [0.3, 0.4) is 0 Å². The topological polar surface area (TPSA) is 79.6 Å². The van der Waals surface area contributed by atoms with E-state index in [1.165, 1.54) is 17.4 Å². The highest BCUT2D eigenvalue weighted by Crippen LogP contribution is 2.18. The highest BCUT2D eigenvalue weighted by molar-refractivity contribution is 7.89. The molecular formula is C17H20N2O4S. The van der Waals surface area contributed by atoms with Crippen LogP contribution in [0, 0.1) is 6.92 Å². The van der Waals surface area contributed by atoms with E-state index in [1.807, 2.05) is 6.92 Å². The summed E-state index contributed by atoms with van der Waals surface area (Å²) >= 11 is 0. The molecule has 2 rings (SSSR count). The summed E-state index contributed by atoms with van der Waals surface area (Å²) in [5.74, 6) is 0.148. The van der Waals surface area contributed by atoms with Crippen molar-refractivity contribution in [1.29, 1.82) is 0 Å². The standard InChI is InChI=1S/C17H20N2O4S/c1-4-11-18-17(20)16-10-7-14(23-16)12-19(3)24(21,22)15-8-5-13(2)6-9-15/h4-10H,1,11-12H2,2-3H3,(H,18,20). The molecule has 1 heterocycles. The molecule has 1 amide bonds. The van der Waals surface area contributed by atoms with Gasteiger partial charge in [-0.15, -0.1) is 6.58 Å². The van der Waals surface area contributed by atoms with Crippen LogP contribution in [0.1, 0.15) is 21.9 Å². The summed E-state index contributed by atoms with van der Waals surface area (Å²) < 4.78 is 31.6. The van der Waals surface area contributed by atoms with E-state index in [9.17, 15) is 13.2 Å². The number of rotatable bonds is 7. The maximum absolute atomic E-state index is 12.5. The third kappa shape index (κ3) is 4.12. The van der Waals surface area contributed by atoms with E-state index < -0.39 is 10.0 Å². The Balaban J connectivity index is 2.10. The van der Waals surface area contributed by atoms with E-state index in [2.05, 4.69) is 11.9 Å². The van der Waals surface area contributed by atoms with Crippen molar-refractivity contribution in [2.45, 2.75) is 18.4 Å². The molecule has 1 N–H and O–H groups in total. The van der Waals surface area contributed by atoms with Crippen LogP contribution in [0.15, 0.2) is 58.4 Å². The lowest BCUT2D eigenvalue weighted by molar-refractivity contribution is 0.0928. The van der Waals surface area contributed by atoms with Crippen LogP contribution in [-0.4, -0.2) is 32.2 Å².